The van der Waals surface area contributed by atoms with E-state index in [9.17, 15) is 0 Å². The van der Waals surface area contributed by atoms with Gasteiger partial charge in [0.25, 0.3) is 0 Å². The lowest BCUT2D eigenvalue weighted by molar-refractivity contribution is 0.279. The van der Waals surface area contributed by atoms with E-state index in [-0.39, 0.29) is 0 Å². The SMILES string of the molecule is COc1cc2c(cc1OC)CN(CC=Cc1ccccc1)CC2. The molecule has 3 rings (SSSR count). The second-order valence-corrected chi connectivity index (χ2v) is 5.77. The van der Waals surface area contributed by atoms with E-state index >= 15 is 0 Å². The van der Waals surface area contributed by atoms with Crippen molar-refractivity contribution in [2.45, 2.75) is 13.0 Å². The van der Waals surface area contributed by atoms with Crippen LogP contribution in [0.5, 0.6) is 11.5 Å². The second-order valence-electron chi connectivity index (χ2n) is 5.77. The Morgan fingerprint density at radius 1 is 1.00 bits per heavy atom. The first-order chi connectivity index (χ1) is 11.3. The molecule has 2 aromatic carbocycles. The Bertz CT molecular complexity index is 680. The fraction of sp³-hybridized carbons (Fsp3) is 0.300. The molecule has 0 fully saturated rings. The minimum Gasteiger partial charge on any atom is -0.493 e. The van der Waals surface area contributed by atoms with E-state index in [1.54, 1.807) is 14.2 Å². The Kier molecular flexibility index (Phi) is 4.99. The van der Waals surface area contributed by atoms with Gasteiger partial charge in [0.15, 0.2) is 11.5 Å². The number of hydrogen-bond acceptors (Lipinski definition) is 3. The van der Waals surface area contributed by atoms with E-state index < -0.39 is 0 Å². The number of methoxy groups -OCH3 is 2. The molecule has 0 atom stereocenters. The molecule has 0 saturated heterocycles. The van der Waals surface area contributed by atoms with Crippen molar-refractivity contribution >= 4 is 6.08 Å². The van der Waals surface area contributed by atoms with Crippen molar-refractivity contribution in [1.82, 2.24) is 4.90 Å². The molecule has 0 radical (unpaired) electrons. The fourth-order valence-electron chi connectivity index (χ4n) is 3.00. The maximum absolute atomic E-state index is 5.42. The van der Waals surface area contributed by atoms with Crippen LogP contribution in [0.3, 0.4) is 0 Å². The molecule has 0 bridgehead atoms. The van der Waals surface area contributed by atoms with Crippen molar-refractivity contribution in [2.24, 2.45) is 0 Å². The Morgan fingerprint density at radius 3 is 2.39 bits per heavy atom. The van der Waals surface area contributed by atoms with Gasteiger partial charge in [-0.15, -0.1) is 0 Å². The Morgan fingerprint density at radius 2 is 1.70 bits per heavy atom. The number of benzene rings is 2. The predicted octanol–water partition coefficient (Wildman–Crippen LogP) is 3.78. The molecule has 3 nitrogen and oxygen atoms in total. The topological polar surface area (TPSA) is 21.7 Å². The quantitative estimate of drug-likeness (QED) is 0.839. The van der Waals surface area contributed by atoms with E-state index in [4.69, 9.17) is 9.47 Å². The van der Waals surface area contributed by atoms with Crippen LogP contribution >= 0.6 is 0 Å². The summed E-state index contributed by atoms with van der Waals surface area (Å²) in [6.45, 7) is 2.99. The average molecular weight is 309 g/mol. The number of nitrogens with zero attached hydrogens (tertiary/aromatic N) is 1. The lowest BCUT2D eigenvalue weighted by atomic mass is 9.99. The van der Waals surface area contributed by atoms with Crippen molar-refractivity contribution in [3.8, 4) is 11.5 Å². The lowest BCUT2D eigenvalue weighted by Crippen LogP contribution is -2.30. The van der Waals surface area contributed by atoms with Gasteiger partial charge in [0.05, 0.1) is 14.2 Å². The maximum Gasteiger partial charge on any atom is 0.161 e. The first-order valence-electron chi connectivity index (χ1n) is 7.98. The molecule has 0 unspecified atom stereocenters. The Labute approximate surface area is 138 Å². The van der Waals surface area contributed by atoms with Crippen LogP contribution in [-0.4, -0.2) is 32.2 Å². The van der Waals surface area contributed by atoms with Gasteiger partial charge in [-0.2, -0.15) is 0 Å². The number of hydrogen-bond donors (Lipinski definition) is 0. The van der Waals surface area contributed by atoms with Gasteiger partial charge in [-0.3, -0.25) is 4.90 Å². The summed E-state index contributed by atoms with van der Waals surface area (Å²) in [7, 11) is 3.38. The van der Waals surface area contributed by atoms with Crippen molar-refractivity contribution in [1.29, 1.82) is 0 Å². The second kappa shape index (κ2) is 7.34. The highest BCUT2D eigenvalue weighted by Gasteiger charge is 2.18. The van der Waals surface area contributed by atoms with E-state index in [2.05, 4.69) is 53.5 Å². The third kappa shape index (κ3) is 3.74. The van der Waals surface area contributed by atoms with Crippen LogP contribution in [0, 0.1) is 0 Å². The highest BCUT2D eigenvalue weighted by molar-refractivity contribution is 5.49. The molecular formula is C20H23NO2. The van der Waals surface area contributed by atoms with E-state index in [1.807, 2.05) is 6.07 Å². The standard InChI is InChI=1S/C20H23NO2/c1-22-19-13-17-10-12-21(15-18(17)14-20(19)23-2)11-6-9-16-7-4-3-5-8-16/h3-9,13-14H,10-12,15H2,1-2H3. The summed E-state index contributed by atoms with van der Waals surface area (Å²) in [5.41, 5.74) is 3.95. The molecule has 1 aliphatic heterocycles. The molecule has 1 aliphatic rings. The molecule has 3 heteroatoms. The number of fused-ring (bicyclic) bond motifs is 1. The molecule has 120 valence electrons. The third-order valence-corrected chi connectivity index (χ3v) is 4.27. The van der Waals surface area contributed by atoms with Gasteiger partial charge in [0.2, 0.25) is 0 Å². The van der Waals surface area contributed by atoms with Crippen molar-refractivity contribution in [3.63, 3.8) is 0 Å². The monoisotopic (exact) mass is 309 g/mol. The van der Waals surface area contributed by atoms with Gasteiger partial charge in [-0.25, -0.2) is 0 Å². The van der Waals surface area contributed by atoms with E-state index in [0.717, 1.165) is 37.6 Å². The van der Waals surface area contributed by atoms with Crippen LogP contribution in [-0.2, 0) is 13.0 Å². The van der Waals surface area contributed by atoms with Crippen LogP contribution in [0.1, 0.15) is 16.7 Å². The summed E-state index contributed by atoms with van der Waals surface area (Å²) < 4.78 is 10.8. The summed E-state index contributed by atoms with van der Waals surface area (Å²) in [5.74, 6) is 1.64. The van der Waals surface area contributed by atoms with Gasteiger partial charge >= 0.3 is 0 Å². The zero-order valence-corrected chi connectivity index (χ0v) is 13.8. The first-order valence-corrected chi connectivity index (χ1v) is 7.98. The summed E-state index contributed by atoms with van der Waals surface area (Å²) in [4.78, 5) is 2.45. The maximum atomic E-state index is 5.42. The van der Waals surface area contributed by atoms with Crippen molar-refractivity contribution in [3.05, 3.63) is 65.2 Å². The minimum atomic E-state index is 0.813. The van der Waals surface area contributed by atoms with Crippen LogP contribution in [0.25, 0.3) is 6.08 Å². The van der Waals surface area contributed by atoms with Crippen LogP contribution in [0.2, 0.25) is 0 Å². The van der Waals surface area contributed by atoms with Crippen LogP contribution in [0.15, 0.2) is 48.5 Å². The first kappa shape index (κ1) is 15.6. The largest absolute Gasteiger partial charge is 0.493 e. The highest BCUT2D eigenvalue weighted by Crippen LogP contribution is 2.33. The third-order valence-electron chi connectivity index (χ3n) is 4.27. The molecule has 23 heavy (non-hydrogen) atoms. The molecule has 0 amide bonds. The van der Waals surface area contributed by atoms with Crippen molar-refractivity contribution in [2.75, 3.05) is 27.3 Å². The van der Waals surface area contributed by atoms with Gasteiger partial charge in [-0.05, 0) is 35.2 Å². The zero-order valence-electron chi connectivity index (χ0n) is 13.8. The summed E-state index contributed by atoms with van der Waals surface area (Å²) >= 11 is 0. The van der Waals surface area contributed by atoms with Crippen molar-refractivity contribution < 1.29 is 9.47 Å². The summed E-state index contributed by atoms with van der Waals surface area (Å²) in [6, 6.07) is 14.7. The predicted molar refractivity (Wildman–Crippen MR) is 94.0 cm³/mol. The van der Waals surface area contributed by atoms with E-state index in [1.165, 1.54) is 16.7 Å². The van der Waals surface area contributed by atoms with Gasteiger partial charge in [0, 0.05) is 19.6 Å². The molecule has 0 aromatic heterocycles. The molecule has 0 N–H and O–H groups in total. The number of rotatable bonds is 5. The van der Waals surface area contributed by atoms with E-state index in [0.29, 0.717) is 0 Å². The average Bonchev–Trinajstić information content (AvgIpc) is 2.61. The molecule has 0 spiro atoms. The summed E-state index contributed by atoms with van der Waals surface area (Å²) in [5, 5.41) is 0. The van der Waals surface area contributed by atoms with Gasteiger partial charge in [0.1, 0.15) is 0 Å². The lowest BCUT2D eigenvalue weighted by Gasteiger charge is -2.28. The highest BCUT2D eigenvalue weighted by atomic mass is 16.5. The minimum absolute atomic E-state index is 0.813. The van der Waals surface area contributed by atoms with Crippen LogP contribution < -0.4 is 9.47 Å². The number of ether oxygens (including phenoxy) is 2. The molecule has 0 saturated carbocycles. The molecule has 0 aliphatic carbocycles. The Balaban J connectivity index is 1.67. The van der Waals surface area contributed by atoms with Crippen LogP contribution in [0.4, 0.5) is 0 Å². The smallest absolute Gasteiger partial charge is 0.161 e. The molecular weight excluding hydrogens is 286 g/mol. The molecule has 2 aromatic rings. The molecule has 1 heterocycles. The normalized spacial score (nSPS) is 14.7. The fourth-order valence-corrected chi connectivity index (χ4v) is 3.00. The Hall–Kier alpha value is -2.26. The summed E-state index contributed by atoms with van der Waals surface area (Å²) in [6.07, 6.45) is 5.47. The zero-order chi connectivity index (χ0) is 16.1. The van der Waals surface area contributed by atoms with Gasteiger partial charge in [-0.1, -0.05) is 42.5 Å². The van der Waals surface area contributed by atoms with Gasteiger partial charge < -0.3 is 9.47 Å².